The maximum absolute atomic E-state index is 8.94. The molecule has 3 aromatic rings. The molecule has 0 saturated heterocycles. The molecule has 3 rings (SSSR count). The molecule has 7 nitrogen and oxygen atoms in total. The van der Waals surface area contributed by atoms with E-state index >= 15 is 0 Å². The summed E-state index contributed by atoms with van der Waals surface area (Å²) in [4.78, 5) is 8.94. The fraction of sp³-hybridized carbons (Fsp3) is 0.240. The second kappa shape index (κ2) is 12.9. The van der Waals surface area contributed by atoms with Gasteiger partial charge in [0.1, 0.15) is 29.6 Å². The molecule has 0 fully saturated rings. The molecule has 0 aliphatic heterocycles. The van der Waals surface area contributed by atoms with Crippen LogP contribution >= 0.6 is 0 Å². The van der Waals surface area contributed by atoms with E-state index in [1.165, 1.54) is 5.56 Å². The molecule has 3 aromatic carbocycles. The minimum absolute atomic E-state index is 0.403. The maximum Gasteiger partial charge on any atom is 0.221 e. The molecule has 0 heterocycles. The number of nitrogens with one attached hydrogen (secondary N) is 2. The Balaban J connectivity index is 0.000000837. The maximum atomic E-state index is 8.94. The molecule has 170 valence electrons. The lowest BCUT2D eigenvalue weighted by molar-refractivity contribution is -0.109. The summed E-state index contributed by atoms with van der Waals surface area (Å²) in [6.45, 7) is 4.57. The monoisotopic (exact) mass is 437 g/mol. The van der Waals surface area contributed by atoms with Crippen LogP contribution in [0.25, 0.3) is 0 Å². The van der Waals surface area contributed by atoms with Gasteiger partial charge in [0.15, 0.2) is 0 Å². The molecular formula is C25H31N3O4. The number of carbonyl (C=O) groups is 1. The van der Waals surface area contributed by atoms with E-state index in [2.05, 4.69) is 24.1 Å². The molecule has 0 unspecified atom stereocenters. The van der Waals surface area contributed by atoms with Crippen LogP contribution in [0.3, 0.4) is 0 Å². The van der Waals surface area contributed by atoms with Gasteiger partial charge in [0, 0.05) is 12.7 Å². The Morgan fingerprint density at radius 1 is 1.00 bits per heavy atom. The van der Waals surface area contributed by atoms with Gasteiger partial charge in [-0.15, -0.1) is 0 Å². The lowest BCUT2D eigenvalue weighted by Gasteiger charge is -2.16. The predicted molar refractivity (Wildman–Crippen MR) is 127 cm³/mol. The normalized spacial score (nSPS) is 9.78. The van der Waals surface area contributed by atoms with Crippen LogP contribution in [-0.2, 0) is 17.8 Å². The van der Waals surface area contributed by atoms with Crippen molar-refractivity contribution in [2.75, 3.05) is 19.5 Å². The van der Waals surface area contributed by atoms with Gasteiger partial charge < -0.3 is 19.5 Å². The van der Waals surface area contributed by atoms with Crippen LogP contribution in [0.1, 0.15) is 23.6 Å². The fourth-order valence-corrected chi connectivity index (χ4v) is 3.16. The number of amides is 1. The first-order chi connectivity index (χ1) is 15.6. The molecule has 0 radical (unpaired) electrons. The van der Waals surface area contributed by atoms with Crippen molar-refractivity contribution in [2.45, 2.75) is 26.9 Å². The van der Waals surface area contributed by atoms with Gasteiger partial charge in [-0.25, -0.2) is 5.84 Å². The summed E-state index contributed by atoms with van der Waals surface area (Å²) in [5.74, 6) is 7.74. The van der Waals surface area contributed by atoms with E-state index in [4.69, 9.17) is 19.0 Å². The van der Waals surface area contributed by atoms with Gasteiger partial charge in [0.05, 0.1) is 12.7 Å². The zero-order valence-electron chi connectivity index (χ0n) is 19.0. The summed E-state index contributed by atoms with van der Waals surface area (Å²) in [7, 11) is 3.56. The third-order valence-electron chi connectivity index (χ3n) is 4.79. The van der Waals surface area contributed by atoms with Gasteiger partial charge in [-0.05, 0) is 60.9 Å². The van der Waals surface area contributed by atoms with E-state index in [0.717, 1.165) is 46.2 Å². The number of benzene rings is 3. The summed E-state index contributed by atoms with van der Waals surface area (Å²) in [6, 6.07) is 19.9. The van der Waals surface area contributed by atoms with Crippen LogP contribution in [0.4, 0.5) is 5.69 Å². The van der Waals surface area contributed by atoms with Crippen LogP contribution in [0.15, 0.2) is 60.7 Å². The third kappa shape index (κ3) is 6.65. The Morgan fingerprint density at radius 3 is 2.34 bits per heavy atom. The number of carbonyl (C=O) groups excluding carboxylic acids is 1. The number of para-hydroxylation sites is 1. The highest BCUT2D eigenvalue weighted by Gasteiger charge is 2.11. The lowest BCUT2D eigenvalue weighted by atomic mass is 10.1. The molecule has 0 atom stereocenters. The van der Waals surface area contributed by atoms with Gasteiger partial charge in [0.2, 0.25) is 6.41 Å². The zero-order chi connectivity index (χ0) is 23.3. The van der Waals surface area contributed by atoms with E-state index in [0.29, 0.717) is 13.0 Å². The molecule has 1 amide bonds. The first-order valence-corrected chi connectivity index (χ1v) is 10.3. The number of aryl methyl sites for hydroxylation is 2. The molecule has 32 heavy (non-hydrogen) atoms. The van der Waals surface area contributed by atoms with E-state index in [1.54, 1.807) is 12.5 Å². The van der Waals surface area contributed by atoms with Crippen LogP contribution in [0.2, 0.25) is 0 Å². The number of nitrogens with two attached hydrogens (primary N) is 1. The van der Waals surface area contributed by atoms with Gasteiger partial charge >= 0.3 is 0 Å². The lowest BCUT2D eigenvalue weighted by Crippen LogP contribution is -2.18. The van der Waals surface area contributed by atoms with E-state index in [9.17, 15) is 0 Å². The van der Waals surface area contributed by atoms with Gasteiger partial charge in [-0.1, -0.05) is 31.2 Å². The first kappa shape index (κ1) is 24.6. The second-order valence-corrected chi connectivity index (χ2v) is 6.80. The number of ether oxygens (including phenoxy) is 3. The number of methoxy groups -OCH3 is 1. The van der Waals surface area contributed by atoms with E-state index in [1.807, 2.05) is 68.6 Å². The van der Waals surface area contributed by atoms with Crippen molar-refractivity contribution in [3.05, 3.63) is 77.4 Å². The molecule has 0 spiro atoms. The molecule has 4 N–H and O–H groups in total. The number of hydrazine groups is 1. The second-order valence-electron chi connectivity index (χ2n) is 6.80. The van der Waals surface area contributed by atoms with Gasteiger partial charge in [-0.2, -0.15) is 0 Å². The predicted octanol–water partition coefficient (Wildman–Crippen LogP) is 4.59. The number of rotatable bonds is 9. The first-order valence-electron chi connectivity index (χ1n) is 10.3. The highest BCUT2D eigenvalue weighted by atomic mass is 16.5. The minimum Gasteiger partial charge on any atom is -0.496 e. The van der Waals surface area contributed by atoms with E-state index in [-0.39, 0.29) is 0 Å². The summed E-state index contributed by atoms with van der Waals surface area (Å²) < 4.78 is 17.6. The largest absolute Gasteiger partial charge is 0.496 e. The average Bonchev–Trinajstić information content (AvgIpc) is 2.83. The Hall–Kier alpha value is -3.71. The van der Waals surface area contributed by atoms with Gasteiger partial charge in [-0.3, -0.25) is 10.2 Å². The number of hydrogen-bond donors (Lipinski definition) is 3. The zero-order valence-corrected chi connectivity index (χ0v) is 19.0. The van der Waals surface area contributed by atoms with Crippen molar-refractivity contribution in [2.24, 2.45) is 5.84 Å². The van der Waals surface area contributed by atoms with Crippen LogP contribution in [0.5, 0.6) is 23.0 Å². The average molecular weight is 438 g/mol. The standard InChI is InChI=1S/C24H27NO3.CH4N2O/c1-5-18-9-6-7-11-23(18)28-19-13-14-22(17(2)15-19)27-16-20-21(25-3)10-8-12-24(20)26-4;2-3-1-4/h6-15,25H,5,16H2,1-4H3;1H,2H2,(H,3,4). The van der Waals surface area contributed by atoms with Crippen molar-refractivity contribution in [1.82, 2.24) is 5.43 Å². The Bertz CT molecular complexity index is 986. The van der Waals surface area contributed by atoms with Crippen molar-refractivity contribution in [3.63, 3.8) is 0 Å². The molecule has 0 aliphatic rings. The van der Waals surface area contributed by atoms with Crippen LogP contribution in [-0.4, -0.2) is 20.6 Å². The van der Waals surface area contributed by atoms with Gasteiger partial charge in [0.25, 0.3) is 0 Å². The topological polar surface area (TPSA) is 94.8 Å². The fourth-order valence-electron chi connectivity index (χ4n) is 3.16. The van der Waals surface area contributed by atoms with Crippen molar-refractivity contribution < 1.29 is 19.0 Å². The summed E-state index contributed by atoms with van der Waals surface area (Å²) >= 11 is 0. The molecule has 7 heteroatoms. The highest BCUT2D eigenvalue weighted by molar-refractivity contribution is 5.57. The Morgan fingerprint density at radius 2 is 1.72 bits per heavy atom. The quantitative estimate of drug-likeness (QED) is 0.196. The molecular weight excluding hydrogens is 406 g/mol. The SMILES string of the molecule is CCc1ccccc1Oc1ccc(OCc2c(NC)cccc2OC)c(C)c1.NNC=O. The Labute approximate surface area is 189 Å². The van der Waals surface area contributed by atoms with E-state index < -0.39 is 0 Å². The summed E-state index contributed by atoms with van der Waals surface area (Å²) in [6.07, 6.45) is 1.34. The third-order valence-corrected chi connectivity index (χ3v) is 4.79. The Kier molecular flexibility index (Phi) is 9.87. The molecule has 0 aliphatic carbocycles. The number of hydrogen-bond acceptors (Lipinski definition) is 6. The van der Waals surface area contributed by atoms with Crippen molar-refractivity contribution >= 4 is 12.1 Å². The van der Waals surface area contributed by atoms with Crippen LogP contribution in [0, 0.1) is 6.92 Å². The highest BCUT2D eigenvalue weighted by Crippen LogP contribution is 2.32. The summed E-state index contributed by atoms with van der Waals surface area (Å²) in [5, 5.41) is 3.19. The van der Waals surface area contributed by atoms with Crippen LogP contribution < -0.4 is 30.8 Å². The molecule has 0 bridgehead atoms. The summed E-state index contributed by atoms with van der Waals surface area (Å²) in [5.41, 5.74) is 5.95. The smallest absolute Gasteiger partial charge is 0.221 e. The number of anilines is 1. The van der Waals surface area contributed by atoms with Crippen molar-refractivity contribution in [3.8, 4) is 23.0 Å². The molecule has 0 saturated carbocycles. The molecule has 0 aromatic heterocycles. The minimum atomic E-state index is 0.403. The van der Waals surface area contributed by atoms with Crippen molar-refractivity contribution in [1.29, 1.82) is 0 Å².